The first-order chi connectivity index (χ1) is 7.31. The predicted molar refractivity (Wildman–Crippen MR) is 54.1 cm³/mol. The number of aliphatic hydroxyl groups excluding tert-OH is 1. The van der Waals surface area contributed by atoms with E-state index in [0.29, 0.717) is 22.4 Å². The maximum atomic E-state index is 11.4. The third-order valence-electron chi connectivity index (χ3n) is 1.89. The second-order valence-corrected chi connectivity index (χ2v) is 2.95. The third-order valence-corrected chi connectivity index (χ3v) is 1.89. The first-order valence-electron chi connectivity index (χ1n) is 4.52. The van der Waals surface area contributed by atoms with E-state index in [1.807, 2.05) is 0 Å². The van der Waals surface area contributed by atoms with E-state index >= 15 is 0 Å². The van der Waals surface area contributed by atoms with Crippen molar-refractivity contribution >= 4 is 17.0 Å². The third kappa shape index (κ3) is 1.94. The van der Waals surface area contributed by atoms with E-state index in [9.17, 15) is 5.21 Å². The van der Waals surface area contributed by atoms with E-state index in [2.05, 4.69) is 15.4 Å². The Morgan fingerprint density at radius 3 is 3.00 bits per heavy atom. The number of nitrogens with zero attached hydrogens (tertiary/aromatic N) is 3. The van der Waals surface area contributed by atoms with E-state index in [1.165, 1.54) is 0 Å². The average Bonchev–Trinajstić information content (AvgIpc) is 2.26. The van der Waals surface area contributed by atoms with E-state index in [-0.39, 0.29) is 12.6 Å². The van der Waals surface area contributed by atoms with Crippen LogP contribution in [0.4, 0.5) is 5.95 Å². The van der Waals surface area contributed by atoms with Crippen molar-refractivity contribution in [1.29, 1.82) is 0 Å². The van der Waals surface area contributed by atoms with Crippen molar-refractivity contribution in [2.45, 2.75) is 0 Å². The summed E-state index contributed by atoms with van der Waals surface area (Å²) in [5.74, 6) is 0.220. The Balaban J connectivity index is 2.43. The molecule has 1 heterocycles. The van der Waals surface area contributed by atoms with Gasteiger partial charge in [-0.15, -0.1) is 0 Å². The van der Waals surface area contributed by atoms with Crippen LogP contribution in [-0.4, -0.2) is 28.3 Å². The molecular weight excluding hydrogens is 196 g/mol. The average molecular weight is 206 g/mol. The zero-order valence-corrected chi connectivity index (χ0v) is 7.92. The first-order valence-corrected chi connectivity index (χ1v) is 4.52. The molecule has 2 N–H and O–H groups in total. The van der Waals surface area contributed by atoms with Gasteiger partial charge in [0.05, 0.1) is 11.7 Å². The van der Waals surface area contributed by atoms with Gasteiger partial charge in [0.15, 0.2) is 0 Å². The van der Waals surface area contributed by atoms with Gasteiger partial charge in [-0.2, -0.15) is 0 Å². The van der Waals surface area contributed by atoms with Gasteiger partial charge in [0, 0.05) is 12.6 Å². The largest absolute Gasteiger partial charge is 0.594 e. The molecule has 0 bridgehead atoms. The van der Waals surface area contributed by atoms with Crippen LogP contribution in [0.3, 0.4) is 0 Å². The number of para-hydroxylation sites is 2. The highest BCUT2D eigenvalue weighted by atomic mass is 16.5. The molecule has 0 aliphatic carbocycles. The van der Waals surface area contributed by atoms with Crippen LogP contribution in [0.25, 0.3) is 11.0 Å². The molecule has 1 aromatic carbocycles. The monoisotopic (exact) mass is 206 g/mol. The SMILES string of the molecule is [O-][n+]1nc(NCCO)nc2ccccc21. The molecular formula is C9H10N4O2. The van der Waals surface area contributed by atoms with Crippen LogP contribution in [0.15, 0.2) is 24.3 Å². The van der Waals surface area contributed by atoms with Gasteiger partial charge >= 0.3 is 0 Å². The van der Waals surface area contributed by atoms with Crippen LogP contribution in [0, 0.1) is 5.21 Å². The lowest BCUT2D eigenvalue weighted by molar-refractivity contribution is -0.641. The molecule has 0 amide bonds. The van der Waals surface area contributed by atoms with E-state index in [1.54, 1.807) is 24.3 Å². The highest BCUT2D eigenvalue weighted by Gasteiger charge is 2.08. The van der Waals surface area contributed by atoms with Gasteiger partial charge in [0.2, 0.25) is 0 Å². The standard InChI is InChI=1S/C9H10N4O2/c14-6-5-10-9-11-7-3-1-2-4-8(7)13(15)12-9/h1-4,14H,5-6H2,(H,10,11,12). The smallest absolute Gasteiger partial charge is 0.290 e. The molecule has 0 saturated carbocycles. The maximum Gasteiger partial charge on any atom is 0.290 e. The molecule has 0 saturated heterocycles. The molecule has 0 unspecified atom stereocenters. The molecule has 0 radical (unpaired) electrons. The number of aliphatic hydroxyl groups is 1. The Labute approximate surface area is 85.8 Å². The van der Waals surface area contributed by atoms with Crippen molar-refractivity contribution in [2.75, 3.05) is 18.5 Å². The molecule has 0 spiro atoms. The van der Waals surface area contributed by atoms with Crippen molar-refractivity contribution in [3.05, 3.63) is 29.5 Å². The van der Waals surface area contributed by atoms with Crippen LogP contribution in [0.5, 0.6) is 0 Å². The number of fused-ring (bicyclic) bond motifs is 1. The minimum Gasteiger partial charge on any atom is -0.594 e. The summed E-state index contributed by atoms with van der Waals surface area (Å²) in [5.41, 5.74) is 0.995. The lowest BCUT2D eigenvalue weighted by atomic mass is 10.3. The fourth-order valence-corrected chi connectivity index (χ4v) is 1.24. The molecule has 0 aliphatic rings. The van der Waals surface area contributed by atoms with Crippen LogP contribution >= 0.6 is 0 Å². The van der Waals surface area contributed by atoms with Crippen molar-refractivity contribution in [2.24, 2.45) is 0 Å². The van der Waals surface area contributed by atoms with Gasteiger partial charge in [-0.25, -0.2) is 4.98 Å². The quantitative estimate of drug-likeness (QED) is 0.530. The topological polar surface area (TPSA) is 85.0 Å². The number of aromatic nitrogens is 3. The highest BCUT2D eigenvalue weighted by molar-refractivity contribution is 5.71. The number of hydrogen-bond acceptors (Lipinski definition) is 5. The zero-order valence-electron chi connectivity index (χ0n) is 7.92. The van der Waals surface area contributed by atoms with Gasteiger partial charge in [-0.1, -0.05) is 12.1 Å². The van der Waals surface area contributed by atoms with E-state index in [0.717, 1.165) is 0 Å². The molecule has 6 heteroatoms. The van der Waals surface area contributed by atoms with Gasteiger partial charge in [0.25, 0.3) is 11.5 Å². The Hall–Kier alpha value is -1.95. The molecule has 0 atom stereocenters. The fourth-order valence-electron chi connectivity index (χ4n) is 1.24. The molecule has 0 fully saturated rings. The van der Waals surface area contributed by atoms with Crippen LogP contribution in [0.1, 0.15) is 0 Å². The number of rotatable bonds is 3. The Kier molecular flexibility index (Phi) is 2.59. The van der Waals surface area contributed by atoms with Gasteiger partial charge in [-0.05, 0) is 10.9 Å². The Bertz CT molecular complexity index is 475. The fraction of sp³-hybridized carbons (Fsp3) is 0.222. The molecule has 6 nitrogen and oxygen atoms in total. The Morgan fingerprint density at radius 1 is 1.40 bits per heavy atom. The van der Waals surface area contributed by atoms with Crippen molar-refractivity contribution in [1.82, 2.24) is 10.1 Å². The number of anilines is 1. The lowest BCUT2D eigenvalue weighted by Gasteiger charge is -2.02. The second kappa shape index (κ2) is 4.05. The van der Waals surface area contributed by atoms with Gasteiger partial charge < -0.3 is 15.6 Å². The molecule has 2 aromatic rings. The summed E-state index contributed by atoms with van der Waals surface area (Å²) >= 11 is 0. The summed E-state index contributed by atoms with van der Waals surface area (Å²) in [6, 6.07) is 6.93. The molecule has 1 aromatic heterocycles. The number of nitrogens with one attached hydrogen (secondary N) is 1. The zero-order chi connectivity index (χ0) is 10.7. The van der Waals surface area contributed by atoms with E-state index in [4.69, 9.17) is 5.11 Å². The summed E-state index contributed by atoms with van der Waals surface area (Å²) in [6.07, 6.45) is 0. The van der Waals surface area contributed by atoms with Crippen molar-refractivity contribution in [3.63, 3.8) is 0 Å². The maximum absolute atomic E-state index is 11.4. The van der Waals surface area contributed by atoms with Crippen molar-refractivity contribution < 1.29 is 9.95 Å². The Morgan fingerprint density at radius 2 is 2.20 bits per heavy atom. The minimum absolute atomic E-state index is 0.0327. The second-order valence-electron chi connectivity index (χ2n) is 2.95. The summed E-state index contributed by atoms with van der Waals surface area (Å²) in [5, 5.41) is 26.4. The molecule has 0 aliphatic heterocycles. The van der Waals surface area contributed by atoms with Crippen LogP contribution in [-0.2, 0) is 0 Å². The predicted octanol–water partition coefficient (Wildman–Crippen LogP) is -0.333. The summed E-state index contributed by atoms with van der Waals surface area (Å²) in [6.45, 7) is 0.285. The minimum atomic E-state index is -0.0327. The van der Waals surface area contributed by atoms with Crippen molar-refractivity contribution in [3.8, 4) is 0 Å². The molecule has 2 rings (SSSR count). The molecule has 15 heavy (non-hydrogen) atoms. The van der Waals surface area contributed by atoms with Crippen LogP contribution in [0.2, 0.25) is 0 Å². The highest BCUT2D eigenvalue weighted by Crippen LogP contribution is 2.06. The number of hydrogen-bond donors (Lipinski definition) is 2. The van der Waals surface area contributed by atoms with Crippen LogP contribution < -0.4 is 10.2 Å². The molecule has 78 valence electrons. The summed E-state index contributed by atoms with van der Waals surface area (Å²) in [4.78, 5) is 4.64. The first kappa shape index (κ1) is 9.60. The lowest BCUT2D eigenvalue weighted by Crippen LogP contribution is -2.33. The van der Waals surface area contributed by atoms with E-state index < -0.39 is 0 Å². The van der Waals surface area contributed by atoms with Gasteiger partial charge in [-0.3, -0.25) is 0 Å². The summed E-state index contributed by atoms with van der Waals surface area (Å²) < 4.78 is 0. The van der Waals surface area contributed by atoms with Gasteiger partial charge in [0.1, 0.15) is 5.52 Å². The number of benzene rings is 1. The summed E-state index contributed by atoms with van der Waals surface area (Å²) in [7, 11) is 0. The normalized spacial score (nSPS) is 10.5.